The summed E-state index contributed by atoms with van der Waals surface area (Å²) in [6, 6.07) is 8.19. The SMILES string of the molecule is O=C(CNC(=O)c1ccc(Br)s1)NCCc1ccc(F)c(Br)c1. The van der Waals surface area contributed by atoms with Crippen molar-refractivity contribution in [3.8, 4) is 0 Å². The fourth-order valence-electron chi connectivity index (χ4n) is 1.79. The van der Waals surface area contributed by atoms with E-state index in [2.05, 4.69) is 42.5 Å². The van der Waals surface area contributed by atoms with E-state index in [1.807, 2.05) is 0 Å². The quantitative estimate of drug-likeness (QED) is 0.688. The highest BCUT2D eigenvalue weighted by atomic mass is 79.9. The lowest BCUT2D eigenvalue weighted by molar-refractivity contribution is -0.120. The maximum atomic E-state index is 13.1. The van der Waals surface area contributed by atoms with Crippen molar-refractivity contribution in [1.82, 2.24) is 10.6 Å². The van der Waals surface area contributed by atoms with E-state index in [-0.39, 0.29) is 24.2 Å². The van der Waals surface area contributed by atoms with Gasteiger partial charge < -0.3 is 10.6 Å². The molecule has 23 heavy (non-hydrogen) atoms. The van der Waals surface area contributed by atoms with Crippen LogP contribution in [0.4, 0.5) is 4.39 Å². The van der Waals surface area contributed by atoms with Crippen LogP contribution in [0.25, 0.3) is 0 Å². The summed E-state index contributed by atoms with van der Waals surface area (Å²) in [6.07, 6.45) is 0.580. The van der Waals surface area contributed by atoms with Crippen LogP contribution in [0, 0.1) is 5.82 Å². The lowest BCUT2D eigenvalue weighted by Gasteiger charge is -2.07. The predicted octanol–water partition coefficient (Wildman–Crippen LogP) is 3.50. The molecule has 122 valence electrons. The zero-order valence-electron chi connectivity index (χ0n) is 11.9. The summed E-state index contributed by atoms with van der Waals surface area (Å²) in [6.45, 7) is 0.332. The molecule has 1 heterocycles. The first-order valence-corrected chi connectivity index (χ1v) is 9.10. The third-order valence-electron chi connectivity index (χ3n) is 2.93. The monoisotopic (exact) mass is 462 g/mol. The summed E-state index contributed by atoms with van der Waals surface area (Å²) in [5.41, 5.74) is 0.908. The maximum Gasteiger partial charge on any atom is 0.261 e. The van der Waals surface area contributed by atoms with E-state index in [9.17, 15) is 14.0 Å². The third kappa shape index (κ3) is 5.71. The second-order valence-electron chi connectivity index (χ2n) is 4.63. The fourth-order valence-corrected chi connectivity index (χ4v) is 3.52. The van der Waals surface area contributed by atoms with Gasteiger partial charge in [-0.15, -0.1) is 11.3 Å². The van der Waals surface area contributed by atoms with Crippen molar-refractivity contribution < 1.29 is 14.0 Å². The molecule has 0 unspecified atom stereocenters. The molecule has 1 aromatic carbocycles. The van der Waals surface area contributed by atoms with Gasteiger partial charge in [-0.1, -0.05) is 6.07 Å². The van der Waals surface area contributed by atoms with Crippen LogP contribution in [0.1, 0.15) is 15.2 Å². The van der Waals surface area contributed by atoms with Crippen LogP contribution in [0.5, 0.6) is 0 Å². The molecule has 0 atom stereocenters. The summed E-state index contributed by atoms with van der Waals surface area (Å²) in [5.74, 6) is -0.867. The number of halogens is 3. The molecule has 2 rings (SSSR count). The van der Waals surface area contributed by atoms with Crippen LogP contribution < -0.4 is 10.6 Å². The van der Waals surface area contributed by atoms with Gasteiger partial charge in [0, 0.05) is 6.54 Å². The van der Waals surface area contributed by atoms with E-state index in [0.29, 0.717) is 22.3 Å². The molecule has 0 bridgehead atoms. The Labute approximate surface area is 153 Å². The molecule has 0 saturated carbocycles. The molecule has 4 nitrogen and oxygen atoms in total. The van der Waals surface area contributed by atoms with Gasteiger partial charge in [0.25, 0.3) is 5.91 Å². The van der Waals surface area contributed by atoms with E-state index in [1.165, 1.54) is 17.4 Å². The van der Waals surface area contributed by atoms with Gasteiger partial charge in [0.2, 0.25) is 5.91 Å². The minimum Gasteiger partial charge on any atom is -0.354 e. The van der Waals surface area contributed by atoms with Crippen molar-refractivity contribution in [3.63, 3.8) is 0 Å². The molecule has 2 amide bonds. The summed E-state index contributed by atoms with van der Waals surface area (Å²) < 4.78 is 14.4. The number of rotatable bonds is 6. The Kier molecular flexibility index (Phi) is 6.73. The number of hydrogen-bond donors (Lipinski definition) is 2. The second-order valence-corrected chi connectivity index (χ2v) is 7.95. The summed E-state index contributed by atoms with van der Waals surface area (Å²) in [4.78, 5) is 24.0. The minimum atomic E-state index is -0.319. The zero-order chi connectivity index (χ0) is 16.8. The van der Waals surface area contributed by atoms with E-state index < -0.39 is 0 Å². The fraction of sp³-hybridized carbons (Fsp3) is 0.200. The highest BCUT2D eigenvalue weighted by molar-refractivity contribution is 9.11. The highest BCUT2D eigenvalue weighted by Gasteiger charge is 2.10. The zero-order valence-corrected chi connectivity index (χ0v) is 15.9. The first-order valence-electron chi connectivity index (χ1n) is 6.70. The molecule has 2 N–H and O–H groups in total. The number of carbonyl (C=O) groups excluding carboxylic acids is 2. The topological polar surface area (TPSA) is 58.2 Å². The number of benzene rings is 1. The van der Waals surface area contributed by atoms with Crippen LogP contribution in [0.3, 0.4) is 0 Å². The normalized spacial score (nSPS) is 10.4. The molecule has 0 spiro atoms. The van der Waals surface area contributed by atoms with Crippen LogP contribution in [-0.2, 0) is 11.2 Å². The first-order chi connectivity index (χ1) is 11.0. The van der Waals surface area contributed by atoms with Gasteiger partial charge in [0.1, 0.15) is 5.82 Å². The van der Waals surface area contributed by atoms with E-state index in [1.54, 1.807) is 24.3 Å². The second kappa shape index (κ2) is 8.56. The van der Waals surface area contributed by atoms with Gasteiger partial charge in [-0.05, 0) is 68.1 Å². The third-order valence-corrected chi connectivity index (χ3v) is 5.16. The predicted molar refractivity (Wildman–Crippen MR) is 95.2 cm³/mol. The molecule has 1 aromatic heterocycles. The number of nitrogens with one attached hydrogen (secondary N) is 2. The van der Waals surface area contributed by atoms with Gasteiger partial charge in [0.15, 0.2) is 0 Å². The Morgan fingerprint density at radius 1 is 1.13 bits per heavy atom. The largest absolute Gasteiger partial charge is 0.354 e. The van der Waals surface area contributed by atoms with Gasteiger partial charge in [-0.3, -0.25) is 9.59 Å². The van der Waals surface area contributed by atoms with Gasteiger partial charge >= 0.3 is 0 Å². The van der Waals surface area contributed by atoms with Crippen molar-refractivity contribution in [2.45, 2.75) is 6.42 Å². The van der Waals surface area contributed by atoms with Crippen LogP contribution in [0.15, 0.2) is 38.6 Å². The number of thiophene rings is 1. The molecular weight excluding hydrogens is 451 g/mol. The number of amides is 2. The standard InChI is InChI=1S/C15H13Br2FN2O2S/c16-10-7-9(1-2-11(10)18)5-6-19-14(21)8-20-15(22)12-3-4-13(17)23-12/h1-4,7H,5-6,8H2,(H,19,21)(H,20,22). The minimum absolute atomic E-state index is 0.0819. The Balaban J connectivity index is 1.70. The summed E-state index contributed by atoms with van der Waals surface area (Å²) >= 11 is 7.70. The molecule has 0 radical (unpaired) electrons. The lowest BCUT2D eigenvalue weighted by Crippen LogP contribution is -2.37. The Morgan fingerprint density at radius 3 is 2.57 bits per heavy atom. The van der Waals surface area contributed by atoms with Gasteiger partial charge in [0.05, 0.1) is 19.7 Å². The Hall–Kier alpha value is -1.25. The van der Waals surface area contributed by atoms with E-state index >= 15 is 0 Å². The van der Waals surface area contributed by atoms with E-state index in [4.69, 9.17) is 0 Å². The van der Waals surface area contributed by atoms with Gasteiger partial charge in [-0.2, -0.15) is 0 Å². The van der Waals surface area contributed by atoms with Crippen LogP contribution in [-0.4, -0.2) is 24.9 Å². The van der Waals surface area contributed by atoms with Crippen molar-refractivity contribution in [2.75, 3.05) is 13.1 Å². The van der Waals surface area contributed by atoms with Crippen molar-refractivity contribution >= 4 is 55.0 Å². The van der Waals surface area contributed by atoms with Crippen molar-refractivity contribution in [1.29, 1.82) is 0 Å². The average molecular weight is 464 g/mol. The smallest absolute Gasteiger partial charge is 0.261 e. The van der Waals surface area contributed by atoms with Gasteiger partial charge in [-0.25, -0.2) is 4.39 Å². The number of carbonyl (C=O) groups is 2. The molecule has 0 saturated heterocycles. The summed E-state index contributed by atoms with van der Waals surface area (Å²) in [7, 11) is 0. The van der Waals surface area contributed by atoms with Crippen molar-refractivity contribution in [2.24, 2.45) is 0 Å². The van der Waals surface area contributed by atoms with Crippen LogP contribution >= 0.6 is 43.2 Å². The molecular formula is C15H13Br2FN2O2S. The Morgan fingerprint density at radius 2 is 1.91 bits per heavy atom. The molecule has 0 aliphatic rings. The van der Waals surface area contributed by atoms with E-state index in [0.717, 1.165) is 9.35 Å². The molecule has 0 aliphatic carbocycles. The molecule has 0 aliphatic heterocycles. The molecule has 0 fully saturated rings. The highest BCUT2D eigenvalue weighted by Crippen LogP contribution is 2.21. The lowest BCUT2D eigenvalue weighted by atomic mass is 10.1. The first kappa shape index (κ1) is 18.1. The average Bonchev–Trinajstić information content (AvgIpc) is 2.95. The van der Waals surface area contributed by atoms with Crippen molar-refractivity contribution in [3.05, 3.63) is 54.8 Å². The maximum absolute atomic E-state index is 13.1. The molecule has 8 heteroatoms. The molecule has 2 aromatic rings. The Bertz CT molecular complexity index is 721. The van der Waals surface area contributed by atoms with Crippen LogP contribution in [0.2, 0.25) is 0 Å². The summed E-state index contributed by atoms with van der Waals surface area (Å²) in [5, 5.41) is 5.27. The number of hydrogen-bond acceptors (Lipinski definition) is 3.